The molecule has 0 unspecified atom stereocenters. The summed E-state index contributed by atoms with van der Waals surface area (Å²) < 4.78 is 0. The quantitative estimate of drug-likeness (QED) is 0.660. The van der Waals surface area contributed by atoms with E-state index in [2.05, 4.69) is 19.2 Å². The molecule has 15 heavy (non-hydrogen) atoms. The van der Waals surface area contributed by atoms with Gasteiger partial charge in [-0.15, -0.1) is 0 Å². The highest BCUT2D eigenvalue weighted by atomic mass is 16.3. The van der Waals surface area contributed by atoms with Crippen LogP contribution in [0.1, 0.15) is 13.8 Å². The SMILES string of the molecule is CC1(C)CN(C(=O)C2CNC2)C[C@H]1CO. The Morgan fingerprint density at radius 2 is 2.20 bits per heavy atom. The Hall–Kier alpha value is -0.610. The highest BCUT2D eigenvalue weighted by Crippen LogP contribution is 2.35. The van der Waals surface area contributed by atoms with Crippen molar-refractivity contribution in [1.29, 1.82) is 0 Å². The molecule has 0 aromatic rings. The van der Waals surface area contributed by atoms with E-state index in [9.17, 15) is 9.90 Å². The van der Waals surface area contributed by atoms with Crippen LogP contribution in [-0.4, -0.2) is 48.7 Å². The van der Waals surface area contributed by atoms with E-state index in [0.29, 0.717) is 0 Å². The number of rotatable bonds is 2. The first kappa shape index (κ1) is 10.9. The lowest BCUT2D eigenvalue weighted by Gasteiger charge is -2.30. The lowest BCUT2D eigenvalue weighted by Crippen LogP contribution is -2.51. The molecule has 2 aliphatic rings. The first-order valence-corrected chi connectivity index (χ1v) is 5.65. The van der Waals surface area contributed by atoms with Crippen LogP contribution < -0.4 is 5.32 Å². The smallest absolute Gasteiger partial charge is 0.228 e. The topological polar surface area (TPSA) is 52.6 Å². The van der Waals surface area contributed by atoms with Crippen molar-refractivity contribution in [2.45, 2.75) is 13.8 Å². The van der Waals surface area contributed by atoms with Crippen LogP contribution in [0, 0.1) is 17.3 Å². The van der Waals surface area contributed by atoms with Gasteiger partial charge in [-0.05, 0) is 5.41 Å². The maximum atomic E-state index is 12.0. The number of likely N-dealkylation sites (tertiary alicyclic amines) is 1. The standard InChI is InChI=1S/C11H20N2O2/c1-11(2)7-13(5-9(11)6-14)10(15)8-3-12-4-8/h8-9,12,14H,3-7H2,1-2H3/t9-/m0/s1. The first-order valence-electron chi connectivity index (χ1n) is 5.65. The highest BCUT2D eigenvalue weighted by molar-refractivity contribution is 5.80. The molecule has 0 bridgehead atoms. The molecule has 4 nitrogen and oxygen atoms in total. The molecular formula is C11H20N2O2. The number of aliphatic hydroxyl groups excluding tert-OH is 1. The molecule has 0 aromatic heterocycles. The summed E-state index contributed by atoms with van der Waals surface area (Å²) in [4.78, 5) is 13.9. The Labute approximate surface area is 90.6 Å². The molecule has 0 saturated carbocycles. The van der Waals surface area contributed by atoms with Crippen LogP contribution in [-0.2, 0) is 4.79 Å². The van der Waals surface area contributed by atoms with Gasteiger partial charge in [0.15, 0.2) is 0 Å². The van der Waals surface area contributed by atoms with Crippen LogP contribution in [0.3, 0.4) is 0 Å². The van der Waals surface area contributed by atoms with Crippen molar-refractivity contribution >= 4 is 5.91 Å². The number of aliphatic hydroxyl groups is 1. The van der Waals surface area contributed by atoms with E-state index in [4.69, 9.17) is 0 Å². The summed E-state index contributed by atoms with van der Waals surface area (Å²) >= 11 is 0. The van der Waals surface area contributed by atoms with Gasteiger partial charge in [0.2, 0.25) is 5.91 Å². The number of carbonyl (C=O) groups excluding carboxylic acids is 1. The maximum absolute atomic E-state index is 12.0. The van der Waals surface area contributed by atoms with Gasteiger partial charge in [0.05, 0.1) is 5.92 Å². The number of hydrogen-bond donors (Lipinski definition) is 2. The Bertz CT molecular complexity index is 261. The first-order chi connectivity index (χ1) is 7.04. The third kappa shape index (κ3) is 1.88. The van der Waals surface area contributed by atoms with E-state index in [1.807, 2.05) is 4.90 Å². The second-order valence-electron chi connectivity index (χ2n) is 5.44. The molecule has 2 N–H and O–H groups in total. The van der Waals surface area contributed by atoms with Crippen LogP contribution in [0.15, 0.2) is 0 Å². The summed E-state index contributed by atoms with van der Waals surface area (Å²) in [5.74, 6) is 0.672. The summed E-state index contributed by atoms with van der Waals surface area (Å²) in [6.07, 6.45) is 0. The van der Waals surface area contributed by atoms with Crippen molar-refractivity contribution in [3.8, 4) is 0 Å². The molecule has 2 aliphatic heterocycles. The zero-order valence-corrected chi connectivity index (χ0v) is 9.49. The molecule has 2 heterocycles. The average Bonchev–Trinajstić information content (AvgIpc) is 2.37. The molecule has 0 aromatic carbocycles. The van der Waals surface area contributed by atoms with Crippen molar-refractivity contribution < 1.29 is 9.90 Å². The van der Waals surface area contributed by atoms with Gasteiger partial charge in [-0.3, -0.25) is 4.79 Å². The van der Waals surface area contributed by atoms with E-state index in [0.717, 1.165) is 26.2 Å². The van der Waals surface area contributed by atoms with Gasteiger partial charge in [-0.2, -0.15) is 0 Å². The van der Waals surface area contributed by atoms with Crippen molar-refractivity contribution in [2.75, 3.05) is 32.8 Å². The lowest BCUT2D eigenvalue weighted by molar-refractivity contribution is -0.136. The molecule has 1 amide bonds. The Morgan fingerprint density at radius 1 is 1.53 bits per heavy atom. The van der Waals surface area contributed by atoms with Gasteiger partial charge >= 0.3 is 0 Å². The summed E-state index contributed by atoms with van der Waals surface area (Å²) in [6, 6.07) is 0. The normalized spacial score (nSPS) is 30.3. The Morgan fingerprint density at radius 3 is 2.60 bits per heavy atom. The number of amides is 1. The Balaban J connectivity index is 1.98. The fourth-order valence-electron chi connectivity index (χ4n) is 2.39. The zero-order valence-electron chi connectivity index (χ0n) is 9.49. The Kier molecular flexibility index (Phi) is 2.73. The average molecular weight is 212 g/mol. The minimum Gasteiger partial charge on any atom is -0.396 e. The van der Waals surface area contributed by atoms with Crippen molar-refractivity contribution in [2.24, 2.45) is 17.3 Å². The fraction of sp³-hybridized carbons (Fsp3) is 0.909. The zero-order chi connectivity index (χ0) is 11.1. The highest BCUT2D eigenvalue weighted by Gasteiger charge is 2.42. The van der Waals surface area contributed by atoms with E-state index in [-0.39, 0.29) is 29.8 Å². The maximum Gasteiger partial charge on any atom is 0.228 e. The van der Waals surface area contributed by atoms with Gasteiger partial charge < -0.3 is 15.3 Å². The molecule has 2 saturated heterocycles. The van der Waals surface area contributed by atoms with E-state index in [1.165, 1.54) is 0 Å². The van der Waals surface area contributed by atoms with Gasteiger partial charge in [0.25, 0.3) is 0 Å². The van der Waals surface area contributed by atoms with Crippen molar-refractivity contribution in [3.05, 3.63) is 0 Å². The van der Waals surface area contributed by atoms with Gasteiger partial charge in [0, 0.05) is 38.7 Å². The van der Waals surface area contributed by atoms with Crippen LogP contribution in [0.5, 0.6) is 0 Å². The van der Waals surface area contributed by atoms with Gasteiger partial charge in [-0.25, -0.2) is 0 Å². The van der Waals surface area contributed by atoms with Crippen LogP contribution in [0.25, 0.3) is 0 Å². The third-order valence-corrected chi connectivity index (χ3v) is 3.81. The molecule has 2 rings (SSSR count). The minimum absolute atomic E-state index is 0.0571. The number of hydrogen-bond acceptors (Lipinski definition) is 3. The second kappa shape index (κ2) is 3.76. The van der Waals surface area contributed by atoms with Crippen molar-refractivity contribution in [1.82, 2.24) is 10.2 Å². The predicted molar refractivity (Wildman–Crippen MR) is 57.3 cm³/mol. The lowest BCUT2D eigenvalue weighted by atomic mass is 9.83. The minimum atomic E-state index is 0.0571. The molecule has 0 spiro atoms. The van der Waals surface area contributed by atoms with Crippen molar-refractivity contribution in [3.63, 3.8) is 0 Å². The van der Waals surface area contributed by atoms with Gasteiger partial charge in [0.1, 0.15) is 0 Å². The van der Waals surface area contributed by atoms with E-state index < -0.39 is 0 Å². The number of nitrogens with zero attached hydrogens (tertiary/aromatic N) is 1. The second-order valence-corrected chi connectivity index (χ2v) is 5.44. The molecule has 2 fully saturated rings. The largest absolute Gasteiger partial charge is 0.396 e. The summed E-state index contributed by atoms with van der Waals surface area (Å²) in [7, 11) is 0. The van der Waals surface area contributed by atoms with Crippen LogP contribution in [0.2, 0.25) is 0 Å². The fourth-order valence-corrected chi connectivity index (χ4v) is 2.39. The molecule has 4 heteroatoms. The molecule has 86 valence electrons. The molecule has 1 atom stereocenters. The molecule has 0 radical (unpaired) electrons. The van der Waals surface area contributed by atoms with E-state index >= 15 is 0 Å². The summed E-state index contributed by atoms with van der Waals surface area (Å²) in [5, 5.41) is 12.4. The molecule has 0 aliphatic carbocycles. The van der Waals surface area contributed by atoms with E-state index in [1.54, 1.807) is 0 Å². The third-order valence-electron chi connectivity index (χ3n) is 3.81. The van der Waals surface area contributed by atoms with Crippen LogP contribution in [0.4, 0.5) is 0 Å². The monoisotopic (exact) mass is 212 g/mol. The van der Waals surface area contributed by atoms with Crippen LogP contribution >= 0.6 is 0 Å². The summed E-state index contributed by atoms with van der Waals surface area (Å²) in [6.45, 7) is 7.57. The summed E-state index contributed by atoms with van der Waals surface area (Å²) in [5.41, 5.74) is 0.0571. The number of nitrogens with one attached hydrogen (secondary N) is 1. The van der Waals surface area contributed by atoms with Gasteiger partial charge in [-0.1, -0.05) is 13.8 Å². The number of carbonyl (C=O) groups is 1. The molecular weight excluding hydrogens is 192 g/mol. The predicted octanol–water partition coefficient (Wildman–Crippen LogP) is -0.317.